The minimum Gasteiger partial charge on any atom is -0.486 e. The molecule has 5 nitrogen and oxygen atoms in total. The maximum atomic E-state index is 12.4. The van der Waals surface area contributed by atoms with Crippen LogP contribution in [0, 0.1) is 3.57 Å². The number of rotatable bonds is 6. The maximum Gasteiger partial charge on any atom is 0.307 e. The van der Waals surface area contributed by atoms with E-state index in [1.54, 1.807) is 18.2 Å². The van der Waals surface area contributed by atoms with Gasteiger partial charge in [-0.2, -0.15) is 5.10 Å². The van der Waals surface area contributed by atoms with Crippen LogP contribution in [0.2, 0.25) is 5.02 Å². The van der Waals surface area contributed by atoms with Gasteiger partial charge >= 0.3 is 5.91 Å². The first-order valence-electron chi connectivity index (χ1n) is 9.38. The summed E-state index contributed by atoms with van der Waals surface area (Å²) in [5.41, 5.74) is 4.78. The molecule has 168 valence electrons. The smallest absolute Gasteiger partial charge is 0.307 e. The summed E-state index contributed by atoms with van der Waals surface area (Å²) in [4.78, 5) is 12.4. The van der Waals surface area contributed by atoms with Crippen LogP contribution in [0.15, 0.2) is 77.5 Å². The Balaban J connectivity index is 1.42. The van der Waals surface area contributed by atoms with Gasteiger partial charge in [-0.15, -0.1) is 0 Å². The van der Waals surface area contributed by atoms with Crippen LogP contribution in [0.5, 0.6) is 5.75 Å². The van der Waals surface area contributed by atoms with E-state index in [4.69, 9.17) is 20.8 Å². The lowest BCUT2D eigenvalue weighted by Gasteiger charge is -2.11. The minimum atomic E-state index is -0.465. The van der Waals surface area contributed by atoms with Gasteiger partial charge in [-0.3, -0.25) is 4.79 Å². The van der Waals surface area contributed by atoms with E-state index < -0.39 is 5.91 Å². The molecule has 1 N–H and O–H groups in total. The number of benzene rings is 3. The van der Waals surface area contributed by atoms with Crippen molar-refractivity contribution in [2.24, 2.45) is 5.10 Å². The summed E-state index contributed by atoms with van der Waals surface area (Å²) in [5.74, 6) is 0.225. The number of nitrogens with zero attached hydrogens (tertiary/aromatic N) is 1. The number of amides is 1. The van der Waals surface area contributed by atoms with Gasteiger partial charge in [0.25, 0.3) is 0 Å². The van der Waals surface area contributed by atoms with Crippen molar-refractivity contribution in [3.05, 3.63) is 93.5 Å². The zero-order valence-electron chi connectivity index (χ0n) is 16.5. The third-order valence-corrected chi connectivity index (χ3v) is 7.09. The fourth-order valence-electron chi connectivity index (χ4n) is 2.94. The van der Waals surface area contributed by atoms with Crippen molar-refractivity contribution in [1.29, 1.82) is 0 Å². The van der Waals surface area contributed by atoms with Crippen molar-refractivity contribution in [1.82, 2.24) is 5.43 Å². The number of furan rings is 1. The van der Waals surface area contributed by atoms with Gasteiger partial charge < -0.3 is 9.15 Å². The SMILES string of the molecule is O=C(N/N=C\c1cc(Cl)c(OCc2ccc(I)cc2)c(Br)c1)c1cc2cc(Br)cc(Br)c2o1. The van der Waals surface area contributed by atoms with E-state index in [1.807, 2.05) is 36.4 Å². The Kier molecular flexibility index (Phi) is 8.16. The highest BCUT2D eigenvalue weighted by Gasteiger charge is 2.14. The van der Waals surface area contributed by atoms with Crippen molar-refractivity contribution in [3.8, 4) is 5.75 Å². The number of carbonyl (C=O) groups excluding carboxylic acids is 1. The second-order valence-electron chi connectivity index (χ2n) is 6.84. The lowest BCUT2D eigenvalue weighted by atomic mass is 10.2. The van der Waals surface area contributed by atoms with E-state index in [9.17, 15) is 4.79 Å². The van der Waals surface area contributed by atoms with Gasteiger partial charge in [0.05, 0.1) is 20.2 Å². The number of hydrogen-bond acceptors (Lipinski definition) is 4. The molecule has 0 atom stereocenters. The molecule has 1 aromatic heterocycles. The van der Waals surface area contributed by atoms with Crippen molar-refractivity contribution < 1.29 is 13.9 Å². The van der Waals surface area contributed by atoms with E-state index in [2.05, 4.69) is 80.9 Å². The first-order chi connectivity index (χ1) is 15.8. The van der Waals surface area contributed by atoms with Crippen molar-refractivity contribution in [2.75, 3.05) is 0 Å². The van der Waals surface area contributed by atoms with Crippen LogP contribution in [-0.4, -0.2) is 12.1 Å². The molecule has 1 heterocycles. The summed E-state index contributed by atoms with van der Waals surface area (Å²) in [6.07, 6.45) is 1.49. The van der Waals surface area contributed by atoms with Crippen molar-refractivity contribution >= 4 is 105 Å². The molecule has 0 unspecified atom stereocenters. The third kappa shape index (κ3) is 6.19. The molecular formula is C23H13Br3ClIN2O3. The molecule has 0 aliphatic carbocycles. The Morgan fingerprint density at radius 3 is 2.58 bits per heavy atom. The molecule has 10 heteroatoms. The summed E-state index contributed by atoms with van der Waals surface area (Å²) in [7, 11) is 0. The van der Waals surface area contributed by atoms with Crippen LogP contribution in [0.25, 0.3) is 11.0 Å². The zero-order valence-corrected chi connectivity index (χ0v) is 24.2. The van der Waals surface area contributed by atoms with Gasteiger partial charge in [0.15, 0.2) is 11.5 Å². The number of nitrogens with one attached hydrogen (secondary N) is 1. The first kappa shape index (κ1) is 24.7. The number of carbonyl (C=O) groups is 1. The van der Waals surface area contributed by atoms with Crippen LogP contribution >= 0.6 is 82.0 Å². The van der Waals surface area contributed by atoms with Gasteiger partial charge in [0, 0.05) is 13.4 Å². The largest absolute Gasteiger partial charge is 0.486 e. The number of halogens is 5. The summed E-state index contributed by atoms with van der Waals surface area (Å²) in [5, 5.41) is 5.23. The Hall–Kier alpha value is -1.40. The fraction of sp³-hybridized carbons (Fsp3) is 0.0435. The second-order valence-corrected chi connectivity index (χ2v) is 11.1. The molecule has 0 radical (unpaired) electrons. The van der Waals surface area contributed by atoms with Crippen molar-refractivity contribution in [2.45, 2.75) is 6.61 Å². The zero-order chi connectivity index (χ0) is 23.5. The highest BCUT2D eigenvalue weighted by atomic mass is 127. The normalized spacial score (nSPS) is 11.3. The number of fused-ring (bicyclic) bond motifs is 1. The van der Waals surface area contributed by atoms with Crippen LogP contribution in [0.3, 0.4) is 0 Å². The molecule has 4 rings (SSSR count). The van der Waals surface area contributed by atoms with Crippen LogP contribution in [0.1, 0.15) is 21.7 Å². The van der Waals surface area contributed by atoms with E-state index >= 15 is 0 Å². The molecule has 0 spiro atoms. The average molecular weight is 767 g/mol. The fourth-order valence-corrected chi connectivity index (χ4v) is 5.62. The summed E-state index contributed by atoms with van der Waals surface area (Å²) in [6.45, 7) is 0.392. The lowest BCUT2D eigenvalue weighted by Crippen LogP contribution is -2.16. The monoisotopic (exact) mass is 764 g/mol. The van der Waals surface area contributed by atoms with Gasteiger partial charge in [0.1, 0.15) is 12.2 Å². The molecule has 0 aliphatic heterocycles. The standard InChI is InChI=1S/C23H13Br3ClIN2O3/c24-15-7-14-8-20(33-21(14)18(26)9-15)23(31)30-29-10-13-5-17(25)22(19(27)6-13)32-11-12-1-3-16(28)4-2-12/h1-10H,11H2,(H,30,31)/b29-10-. The molecule has 0 aliphatic rings. The van der Waals surface area contributed by atoms with Gasteiger partial charge in [-0.05, 0) is 108 Å². The third-order valence-electron chi connectivity index (χ3n) is 4.46. The molecule has 1 amide bonds. The predicted octanol–water partition coefficient (Wildman–Crippen LogP) is 8.32. The van der Waals surface area contributed by atoms with E-state index in [1.165, 1.54) is 6.21 Å². The molecule has 33 heavy (non-hydrogen) atoms. The first-order valence-corrected chi connectivity index (χ1v) is 13.2. The number of hydrazone groups is 1. The Labute approximate surface area is 233 Å². The van der Waals surface area contributed by atoms with Crippen molar-refractivity contribution in [3.63, 3.8) is 0 Å². The quantitative estimate of drug-likeness (QED) is 0.122. The molecule has 0 bridgehead atoms. The average Bonchev–Trinajstić information content (AvgIpc) is 3.19. The summed E-state index contributed by atoms with van der Waals surface area (Å²) >= 11 is 19.0. The van der Waals surface area contributed by atoms with Crippen LogP contribution < -0.4 is 10.2 Å². The van der Waals surface area contributed by atoms with E-state index in [-0.39, 0.29) is 5.76 Å². The van der Waals surface area contributed by atoms with Crippen LogP contribution in [-0.2, 0) is 6.61 Å². The molecule has 3 aromatic carbocycles. The van der Waals surface area contributed by atoms with E-state index in [0.29, 0.717) is 33.0 Å². The van der Waals surface area contributed by atoms with Gasteiger partial charge in [0.2, 0.25) is 0 Å². The van der Waals surface area contributed by atoms with Gasteiger partial charge in [-0.25, -0.2) is 5.43 Å². The number of ether oxygens (including phenoxy) is 1. The Morgan fingerprint density at radius 1 is 1.09 bits per heavy atom. The summed E-state index contributed by atoms with van der Waals surface area (Å²) in [6, 6.07) is 16.9. The molecule has 4 aromatic rings. The highest BCUT2D eigenvalue weighted by Crippen LogP contribution is 2.35. The Bertz CT molecular complexity index is 1350. The van der Waals surface area contributed by atoms with E-state index in [0.717, 1.165) is 23.5 Å². The molecule has 0 fully saturated rings. The molecular weight excluding hydrogens is 754 g/mol. The second kappa shape index (κ2) is 10.9. The predicted molar refractivity (Wildman–Crippen MR) is 149 cm³/mol. The number of hydrogen-bond donors (Lipinski definition) is 1. The Morgan fingerprint density at radius 2 is 1.85 bits per heavy atom. The van der Waals surface area contributed by atoms with Crippen LogP contribution in [0.4, 0.5) is 0 Å². The minimum absolute atomic E-state index is 0.152. The van der Waals surface area contributed by atoms with Gasteiger partial charge in [-0.1, -0.05) is 39.7 Å². The molecule has 0 saturated heterocycles. The highest BCUT2D eigenvalue weighted by molar-refractivity contribution is 14.1. The maximum absolute atomic E-state index is 12.4. The topological polar surface area (TPSA) is 63.8 Å². The summed E-state index contributed by atoms with van der Waals surface area (Å²) < 4.78 is 15.0. The lowest BCUT2D eigenvalue weighted by molar-refractivity contribution is 0.0929. The molecule has 0 saturated carbocycles.